The highest BCUT2D eigenvalue weighted by atomic mass is 16.1. The fourth-order valence-corrected chi connectivity index (χ4v) is 4.32. The van der Waals surface area contributed by atoms with Gasteiger partial charge in [0.1, 0.15) is 0 Å². The van der Waals surface area contributed by atoms with Gasteiger partial charge in [0.25, 0.3) is 12.3 Å². The third-order valence-corrected chi connectivity index (χ3v) is 6.05. The van der Waals surface area contributed by atoms with E-state index in [1.165, 1.54) is 0 Å². The first-order chi connectivity index (χ1) is 14.5. The molecule has 0 bridgehead atoms. The molecule has 150 valence electrons. The molecule has 30 heavy (non-hydrogen) atoms. The maximum Gasteiger partial charge on any atom is 0.268 e. The SMILES string of the molecule is CN/C=C1/C=C(c2cc3ccn(C4CCB(C#N)CC4)c(=O)c3cn2)C=C(C)C1=N. The van der Waals surface area contributed by atoms with Gasteiger partial charge in [0, 0.05) is 48.8 Å². The van der Waals surface area contributed by atoms with Gasteiger partial charge in [0.05, 0.1) is 16.8 Å². The molecule has 0 atom stereocenters. The van der Waals surface area contributed by atoms with Gasteiger partial charge in [0.2, 0.25) is 0 Å². The fraction of sp³-hybridized carbons (Fsp3) is 0.304. The van der Waals surface area contributed by atoms with Gasteiger partial charge in [-0.1, -0.05) is 12.6 Å². The molecule has 3 heterocycles. The van der Waals surface area contributed by atoms with Crippen LogP contribution in [0.4, 0.5) is 0 Å². The van der Waals surface area contributed by atoms with E-state index in [1.54, 1.807) is 12.4 Å². The lowest BCUT2D eigenvalue weighted by molar-refractivity contribution is 0.445. The smallest absolute Gasteiger partial charge is 0.268 e. The zero-order valence-corrected chi connectivity index (χ0v) is 17.3. The molecule has 0 saturated carbocycles. The topological polar surface area (TPSA) is 94.6 Å². The molecule has 0 aromatic carbocycles. The summed E-state index contributed by atoms with van der Waals surface area (Å²) in [5, 5.41) is 21.8. The molecule has 0 radical (unpaired) electrons. The van der Waals surface area contributed by atoms with Gasteiger partial charge in [-0.05, 0) is 55.0 Å². The Morgan fingerprint density at radius 2 is 2.13 bits per heavy atom. The van der Waals surface area contributed by atoms with Crippen LogP contribution in [0, 0.1) is 16.6 Å². The van der Waals surface area contributed by atoms with E-state index in [4.69, 9.17) is 10.7 Å². The van der Waals surface area contributed by atoms with Gasteiger partial charge < -0.3 is 9.88 Å². The van der Waals surface area contributed by atoms with E-state index < -0.39 is 0 Å². The maximum atomic E-state index is 13.1. The van der Waals surface area contributed by atoms with Crippen LogP contribution in [0.3, 0.4) is 0 Å². The molecule has 1 fully saturated rings. The molecule has 4 rings (SSSR count). The second-order valence-electron chi connectivity index (χ2n) is 8.01. The predicted octanol–water partition coefficient (Wildman–Crippen LogP) is 3.76. The Hall–Kier alpha value is -3.40. The summed E-state index contributed by atoms with van der Waals surface area (Å²) in [6.45, 7) is 2.03. The summed E-state index contributed by atoms with van der Waals surface area (Å²) in [7, 11) is 1.81. The third kappa shape index (κ3) is 3.61. The fourth-order valence-electron chi connectivity index (χ4n) is 4.32. The molecule has 2 N–H and O–H groups in total. The number of hydrogen-bond acceptors (Lipinski definition) is 5. The predicted molar refractivity (Wildman–Crippen MR) is 122 cm³/mol. The monoisotopic (exact) mass is 397 g/mol. The maximum absolute atomic E-state index is 13.1. The van der Waals surface area contributed by atoms with Crippen molar-refractivity contribution in [1.29, 1.82) is 10.7 Å². The van der Waals surface area contributed by atoms with Crippen molar-refractivity contribution in [2.75, 3.05) is 7.05 Å². The van der Waals surface area contributed by atoms with Crippen LogP contribution >= 0.6 is 0 Å². The molecule has 1 saturated heterocycles. The second-order valence-corrected chi connectivity index (χ2v) is 8.01. The van der Waals surface area contributed by atoms with E-state index in [0.717, 1.165) is 53.3 Å². The number of rotatable bonds is 3. The molecule has 2 aliphatic rings. The van der Waals surface area contributed by atoms with E-state index in [2.05, 4.69) is 16.3 Å². The van der Waals surface area contributed by atoms with Crippen molar-refractivity contribution in [3.05, 3.63) is 70.1 Å². The van der Waals surface area contributed by atoms with E-state index in [0.29, 0.717) is 11.1 Å². The number of hydrogen-bond donors (Lipinski definition) is 2. The Kier molecular flexibility index (Phi) is 5.41. The van der Waals surface area contributed by atoms with Crippen molar-refractivity contribution < 1.29 is 0 Å². The van der Waals surface area contributed by atoms with E-state index >= 15 is 0 Å². The summed E-state index contributed by atoms with van der Waals surface area (Å²) in [5.74, 6) is 2.35. The van der Waals surface area contributed by atoms with Gasteiger partial charge in [-0.2, -0.15) is 0 Å². The van der Waals surface area contributed by atoms with Crippen LogP contribution in [0.1, 0.15) is 31.5 Å². The summed E-state index contributed by atoms with van der Waals surface area (Å²) in [5.41, 5.74) is 3.85. The average Bonchev–Trinajstić information content (AvgIpc) is 2.77. The highest BCUT2D eigenvalue weighted by molar-refractivity contribution is 6.67. The molecule has 2 aromatic heterocycles. The van der Waals surface area contributed by atoms with E-state index in [9.17, 15) is 4.79 Å². The highest BCUT2D eigenvalue weighted by Gasteiger charge is 2.26. The minimum atomic E-state index is -0.0196. The lowest BCUT2D eigenvalue weighted by Crippen LogP contribution is -2.29. The Morgan fingerprint density at radius 3 is 2.83 bits per heavy atom. The molecule has 7 heteroatoms. The van der Waals surface area contributed by atoms with Gasteiger partial charge in [-0.3, -0.25) is 15.2 Å². The second kappa shape index (κ2) is 8.15. The molecular weight excluding hydrogens is 373 g/mol. The van der Waals surface area contributed by atoms with E-state index in [1.807, 2.05) is 49.0 Å². The van der Waals surface area contributed by atoms with Crippen LogP contribution in [0.25, 0.3) is 16.3 Å². The molecule has 2 aromatic rings. The van der Waals surface area contributed by atoms with Gasteiger partial charge in [-0.15, -0.1) is 0 Å². The molecule has 6 nitrogen and oxygen atoms in total. The molecule has 0 unspecified atom stereocenters. The number of nitriles is 1. The molecule has 0 amide bonds. The van der Waals surface area contributed by atoms with Crippen LogP contribution in [0.5, 0.6) is 0 Å². The third-order valence-electron chi connectivity index (χ3n) is 6.05. The van der Waals surface area contributed by atoms with Crippen LogP contribution in [-0.2, 0) is 0 Å². The lowest BCUT2D eigenvalue weighted by atomic mass is 9.42. The summed E-state index contributed by atoms with van der Waals surface area (Å²) < 4.78 is 1.82. The van der Waals surface area contributed by atoms with Gasteiger partial charge in [0.15, 0.2) is 0 Å². The number of pyridine rings is 2. The number of nitrogens with one attached hydrogen (secondary N) is 2. The van der Waals surface area contributed by atoms with Crippen LogP contribution < -0.4 is 10.9 Å². The number of allylic oxidation sites excluding steroid dienone is 5. The minimum absolute atomic E-state index is 0.0196. The van der Waals surface area contributed by atoms with Crippen molar-refractivity contribution in [2.24, 2.45) is 0 Å². The summed E-state index contributed by atoms with van der Waals surface area (Å²) >= 11 is 0. The Labute approximate surface area is 176 Å². The summed E-state index contributed by atoms with van der Waals surface area (Å²) in [6.07, 6.45) is 12.7. The normalized spacial score (nSPS) is 18.9. The zero-order valence-electron chi connectivity index (χ0n) is 17.3. The molecule has 1 aliphatic heterocycles. The first-order valence-electron chi connectivity index (χ1n) is 10.3. The average molecular weight is 397 g/mol. The standard InChI is InChI=1S/C23H24BN5O/c1-15-9-17(10-18(12-27-2)22(15)26)21-11-16-5-8-29(23(30)20(16)13-28-21)19-3-6-24(14-25)7-4-19/h5,8-13,19,26-27H,3-4,6-7H2,1-2H3/b18-12-,26-22?. The molecular formula is C23H24BN5O. The minimum Gasteiger partial charge on any atom is -0.393 e. The lowest BCUT2D eigenvalue weighted by Gasteiger charge is -2.25. The zero-order chi connectivity index (χ0) is 21.3. The quantitative estimate of drug-likeness (QED) is 0.772. The van der Waals surface area contributed by atoms with Crippen LogP contribution in [0.15, 0.2) is 58.8 Å². The number of fused-ring (bicyclic) bond motifs is 1. The van der Waals surface area contributed by atoms with Crippen molar-refractivity contribution in [3.63, 3.8) is 0 Å². The van der Waals surface area contributed by atoms with Crippen molar-refractivity contribution in [1.82, 2.24) is 14.9 Å². The van der Waals surface area contributed by atoms with Crippen LogP contribution in [-0.4, -0.2) is 29.0 Å². The highest BCUT2D eigenvalue weighted by Crippen LogP contribution is 2.29. The number of aromatic nitrogens is 2. The number of nitrogens with zero attached hydrogens (tertiary/aromatic N) is 3. The molecule has 0 spiro atoms. The van der Waals surface area contributed by atoms with Crippen molar-refractivity contribution in [3.8, 4) is 5.97 Å². The Balaban J connectivity index is 1.69. The van der Waals surface area contributed by atoms with Crippen molar-refractivity contribution >= 4 is 28.8 Å². The van der Waals surface area contributed by atoms with E-state index in [-0.39, 0.29) is 18.3 Å². The van der Waals surface area contributed by atoms with Gasteiger partial charge >= 0.3 is 0 Å². The largest absolute Gasteiger partial charge is 0.393 e. The Morgan fingerprint density at radius 1 is 1.37 bits per heavy atom. The summed E-state index contributed by atoms with van der Waals surface area (Å²) in [4.78, 5) is 17.7. The van der Waals surface area contributed by atoms with Gasteiger partial charge in [-0.25, -0.2) is 5.26 Å². The Bertz CT molecular complexity index is 1210. The molecule has 1 aliphatic carbocycles. The van der Waals surface area contributed by atoms with Crippen molar-refractivity contribution in [2.45, 2.75) is 38.4 Å². The van der Waals surface area contributed by atoms with Crippen LogP contribution in [0.2, 0.25) is 12.6 Å². The summed E-state index contributed by atoms with van der Waals surface area (Å²) in [6, 6.07) is 4.07. The first kappa shape index (κ1) is 19.9. The first-order valence-corrected chi connectivity index (χ1v) is 10.3.